The first-order chi connectivity index (χ1) is 14.0. The van der Waals surface area contributed by atoms with Crippen molar-refractivity contribution in [1.29, 1.82) is 0 Å². The number of carbonyl (C=O) groups excluding carboxylic acids is 1. The first-order valence-corrected chi connectivity index (χ1v) is 9.06. The van der Waals surface area contributed by atoms with E-state index >= 15 is 0 Å². The van der Waals surface area contributed by atoms with Gasteiger partial charge in [0.2, 0.25) is 0 Å². The van der Waals surface area contributed by atoms with Crippen molar-refractivity contribution in [3.63, 3.8) is 0 Å². The van der Waals surface area contributed by atoms with Crippen LogP contribution in [0.5, 0.6) is 0 Å². The molecule has 0 fully saturated rings. The lowest BCUT2D eigenvalue weighted by atomic mass is 10.2. The number of carbonyl (C=O) groups is 1. The second-order valence-corrected chi connectivity index (χ2v) is 6.37. The van der Waals surface area contributed by atoms with Gasteiger partial charge in [-0.2, -0.15) is 0 Å². The van der Waals surface area contributed by atoms with E-state index in [2.05, 4.69) is 15.6 Å². The lowest BCUT2D eigenvalue weighted by Gasteiger charge is -2.08. The van der Waals surface area contributed by atoms with Crippen molar-refractivity contribution in [2.75, 3.05) is 5.32 Å². The normalized spacial score (nSPS) is 11.9. The van der Waals surface area contributed by atoms with Gasteiger partial charge in [-0.05, 0) is 42.8 Å². The van der Waals surface area contributed by atoms with Crippen LogP contribution in [0.4, 0.5) is 5.69 Å². The van der Waals surface area contributed by atoms with E-state index in [9.17, 15) is 4.79 Å². The molecule has 1 amide bonds. The van der Waals surface area contributed by atoms with Crippen LogP contribution in [0.3, 0.4) is 0 Å². The maximum Gasteiger partial charge on any atom is 0.251 e. The third-order valence-electron chi connectivity index (χ3n) is 4.07. The molecule has 2 aromatic carbocycles. The summed E-state index contributed by atoms with van der Waals surface area (Å²) in [4.78, 5) is 16.5. The lowest BCUT2D eigenvalue weighted by molar-refractivity contribution is 0.0948. The van der Waals surface area contributed by atoms with Gasteiger partial charge in [-0.15, -0.1) is 0 Å². The predicted molar refractivity (Wildman–Crippen MR) is 115 cm³/mol. The van der Waals surface area contributed by atoms with Crippen LogP contribution < -0.4 is 22.1 Å². The molecule has 0 bridgehead atoms. The molecule has 1 aromatic heterocycles. The number of rotatable bonds is 6. The van der Waals surface area contributed by atoms with E-state index < -0.39 is 0 Å². The Kier molecular flexibility index (Phi) is 6.32. The van der Waals surface area contributed by atoms with Gasteiger partial charge < -0.3 is 26.5 Å². The SMILES string of the molecule is Cc1ccc(CNC(=O)c2cccc(NC(N)=N/C=C(\N)c3ccccc3)c2)o1. The average Bonchev–Trinajstić information content (AvgIpc) is 3.16. The largest absolute Gasteiger partial charge is 0.465 e. The van der Waals surface area contributed by atoms with E-state index in [4.69, 9.17) is 15.9 Å². The standard InChI is InChI=1S/C22H23N5O2/c1-15-10-11-19(29-15)13-25-21(28)17-8-5-9-18(12-17)27-22(24)26-14-20(23)16-6-3-2-4-7-16/h2-12,14H,13,23H2,1H3,(H,25,28)(H3,24,26,27)/b20-14-. The maximum atomic E-state index is 12.4. The van der Waals surface area contributed by atoms with Gasteiger partial charge in [0.1, 0.15) is 11.5 Å². The van der Waals surface area contributed by atoms with Crippen LogP contribution in [0.1, 0.15) is 27.4 Å². The number of hydrogen-bond acceptors (Lipinski definition) is 4. The Morgan fingerprint density at radius 3 is 2.52 bits per heavy atom. The molecule has 0 unspecified atom stereocenters. The highest BCUT2D eigenvalue weighted by Gasteiger charge is 2.08. The first kappa shape index (κ1) is 19.8. The third-order valence-corrected chi connectivity index (χ3v) is 4.07. The fourth-order valence-electron chi connectivity index (χ4n) is 2.61. The zero-order valence-electron chi connectivity index (χ0n) is 16.1. The number of furan rings is 1. The van der Waals surface area contributed by atoms with E-state index in [1.54, 1.807) is 24.3 Å². The minimum Gasteiger partial charge on any atom is -0.465 e. The summed E-state index contributed by atoms with van der Waals surface area (Å²) in [7, 11) is 0. The smallest absolute Gasteiger partial charge is 0.251 e. The zero-order valence-corrected chi connectivity index (χ0v) is 16.1. The molecule has 7 nitrogen and oxygen atoms in total. The van der Waals surface area contributed by atoms with E-state index in [-0.39, 0.29) is 11.9 Å². The van der Waals surface area contributed by atoms with Crippen LogP contribution in [-0.2, 0) is 6.54 Å². The topological polar surface area (TPSA) is 119 Å². The predicted octanol–water partition coefficient (Wildman–Crippen LogP) is 3.20. The molecule has 3 aromatic rings. The molecule has 0 aliphatic carbocycles. The number of nitrogens with zero attached hydrogens (tertiary/aromatic N) is 1. The molecule has 0 spiro atoms. The Bertz CT molecular complexity index is 1040. The molecule has 0 saturated carbocycles. The van der Waals surface area contributed by atoms with Gasteiger partial charge in [0.15, 0.2) is 5.96 Å². The van der Waals surface area contributed by atoms with Crippen molar-refractivity contribution >= 4 is 23.3 Å². The monoisotopic (exact) mass is 389 g/mol. The molecular formula is C22H23N5O2. The van der Waals surface area contributed by atoms with E-state index in [1.165, 1.54) is 6.20 Å². The summed E-state index contributed by atoms with van der Waals surface area (Å²) < 4.78 is 5.45. The van der Waals surface area contributed by atoms with Gasteiger partial charge in [0.25, 0.3) is 5.91 Å². The van der Waals surface area contributed by atoms with E-state index in [0.29, 0.717) is 29.3 Å². The van der Waals surface area contributed by atoms with Crippen LogP contribution >= 0.6 is 0 Å². The summed E-state index contributed by atoms with van der Waals surface area (Å²) in [5.74, 6) is 1.44. The highest BCUT2D eigenvalue weighted by atomic mass is 16.3. The van der Waals surface area contributed by atoms with Gasteiger partial charge in [-0.1, -0.05) is 36.4 Å². The van der Waals surface area contributed by atoms with Gasteiger partial charge in [0.05, 0.1) is 18.4 Å². The third kappa shape index (κ3) is 5.74. The number of nitrogens with two attached hydrogens (primary N) is 2. The molecule has 148 valence electrons. The first-order valence-electron chi connectivity index (χ1n) is 9.06. The summed E-state index contributed by atoms with van der Waals surface area (Å²) in [5, 5.41) is 5.77. The molecule has 0 saturated heterocycles. The van der Waals surface area contributed by atoms with Gasteiger partial charge in [-0.25, -0.2) is 4.99 Å². The highest BCUT2D eigenvalue weighted by molar-refractivity contribution is 5.97. The van der Waals surface area contributed by atoms with Crippen LogP contribution in [0.15, 0.2) is 82.3 Å². The summed E-state index contributed by atoms with van der Waals surface area (Å²) in [6.07, 6.45) is 1.49. The van der Waals surface area contributed by atoms with Crippen LogP contribution in [0, 0.1) is 6.92 Å². The van der Waals surface area contributed by atoms with E-state index in [1.807, 2.05) is 49.4 Å². The molecule has 0 atom stereocenters. The minimum atomic E-state index is -0.216. The summed E-state index contributed by atoms with van der Waals surface area (Å²) in [5.41, 5.74) is 14.4. The minimum absolute atomic E-state index is 0.160. The maximum absolute atomic E-state index is 12.4. The van der Waals surface area contributed by atoms with Crippen molar-refractivity contribution in [3.05, 3.63) is 95.6 Å². The number of amides is 1. The Labute approximate surface area is 169 Å². The second-order valence-electron chi connectivity index (χ2n) is 6.37. The molecular weight excluding hydrogens is 366 g/mol. The Morgan fingerprint density at radius 2 is 1.79 bits per heavy atom. The molecule has 0 radical (unpaired) electrons. The number of hydrogen-bond donors (Lipinski definition) is 4. The Morgan fingerprint density at radius 1 is 1.03 bits per heavy atom. The van der Waals surface area contributed by atoms with Crippen molar-refractivity contribution < 1.29 is 9.21 Å². The van der Waals surface area contributed by atoms with Gasteiger partial charge >= 0.3 is 0 Å². The van der Waals surface area contributed by atoms with Crippen LogP contribution in [0.2, 0.25) is 0 Å². The Balaban J connectivity index is 1.62. The lowest BCUT2D eigenvalue weighted by Crippen LogP contribution is -2.24. The summed E-state index contributed by atoms with van der Waals surface area (Å²) in [6, 6.07) is 20.1. The van der Waals surface area contributed by atoms with Crippen molar-refractivity contribution in [1.82, 2.24) is 5.32 Å². The van der Waals surface area contributed by atoms with Crippen molar-refractivity contribution in [3.8, 4) is 0 Å². The molecule has 3 rings (SSSR count). The molecule has 0 aliphatic rings. The number of guanidine groups is 1. The fraction of sp³-hybridized carbons (Fsp3) is 0.0909. The van der Waals surface area contributed by atoms with Crippen molar-refractivity contribution in [2.24, 2.45) is 16.5 Å². The summed E-state index contributed by atoms with van der Waals surface area (Å²) in [6.45, 7) is 2.17. The number of aryl methyl sites for hydroxylation is 1. The number of aliphatic imine (C=N–C) groups is 1. The number of anilines is 1. The Hall–Kier alpha value is -4.00. The van der Waals surface area contributed by atoms with Crippen LogP contribution in [-0.4, -0.2) is 11.9 Å². The molecule has 0 aliphatic heterocycles. The zero-order chi connectivity index (χ0) is 20.6. The van der Waals surface area contributed by atoms with Crippen molar-refractivity contribution in [2.45, 2.75) is 13.5 Å². The second kappa shape index (κ2) is 9.27. The van der Waals surface area contributed by atoms with Gasteiger partial charge in [-0.3, -0.25) is 4.79 Å². The van der Waals surface area contributed by atoms with Crippen LogP contribution in [0.25, 0.3) is 5.70 Å². The molecule has 1 heterocycles. The van der Waals surface area contributed by atoms with E-state index in [0.717, 1.165) is 11.3 Å². The number of benzene rings is 2. The molecule has 6 N–H and O–H groups in total. The summed E-state index contributed by atoms with van der Waals surface area (Å²) >= 11 is 0. The average molecular weight is 389 g/mol. The molecule has 29 heavy (non-hydrogen) atoms. The molecule has 7 heteroatoms. The number of nitrogens with one attached hydrogen (secondary N) is 2. The fourth-order valence-corrected chi connectivity index (χ4v) is 2.61. The quantitative estimate of drug-likeness (QED) is 0.381. The van der Waals surface area contributed by atoms with Gasteiger partial charge in [0, 0.05) is 11.3 Å². The highest BCUT2D eigenvalue weighted by Crippen LogP contribution is 2.12.